The molecule has 0 fully saturated rings. The lowest BCUT2D eigenvalue weighted by Crippen LogP contribution is -2.18. The Morgan fingerprint density at radius 2 is 1.64 bits per heavy atom. The predicted octanol–water partition coefficient (Wildman–Crippen LogP) is 6.05. The molecule has 0 saturated carbocycles. The number of benzene rings is 2. The summed E-state index contributed by atoms with van der Waals surface area (Å²) < 4.78 is 0. The van der Waals surface area contributed by atoms with Gasteiger partial charge in [0.15, 0.2) is 0 Å². The maximum absolute atomic E-state index is 13.0. The van der Waals surface area contributed by atoms with E-state index in [1.807, 2.05) is 0 Å². The van der Waals surface area contributed by atoms with Crippen molar-refractivity contribution in [3.8, 4) is 0 Å². The lowest BCUT2D eigenvalue weighted by atomic mass is 10.1. The van der Waals surface area contributed by atoms with Gasteiger partial charge in [-0.15, -0.1) is 11.3 Å². The van der Waals surface area contributed by atoms with Crippen LogP contribution in [0.4, 0.5) is 10.7 Å². The van der Waals surface area contributed by atoms with Gasteiger partial charge in [0.05, 0.1) is 16.1 Å². The number of hydrogen-bond acceptors (Lipinski definition) is 3. The van der Waals surface area contributed by atoms with Crippen LogP contribution in [0.15, 0.2) is 48.5 Å². The number of carbonyl (C=O) groups is 2. The monoisotopic (exact) mass is 430 g/mol. The first-order valence-electron chi connectivity index (χ1n) is 8.80. The highest BCUT2D eigenvalue weighted by Crippen LogP contribution is 2.40. The molecule has 1 aliphatic rings. The largest absolute Gasteiger partial charge is 0.322 e. The van der Waals surface area contributed by atoms with Gasteiger partial charge in [-0.25, -0.2) is 0 Å². The van der Waals surface area contributed by atoms with E-state index in [0.29, 0.717) is 31.9 Å². The fraction of sp³-hybridized carbons (Fsp3) is 0.143. The van der Waals surface area contributed by atoms with E-state index in [2.05, 4.69) is 10.6 Å². The predicted molar refractivity (Wildman–Crippen MR) is 115 cm³/mol. The Morgan fingerprint density at radius 1 is 0.893 bits per heavy atom. The molecule has 0 unspecified atom stereocenters. The van der Waals surface area contributed by atoms with Crippen LogP contribution < -0.4 is 10.6 Å². The summed E-state index contributed by atoms with van der Waals surface area (Å²) in [6.07, 6.45) is 2.77. The number of thiophene rings is 1. The average molecular weight is 431 g/mol. The van der Waals surface area contributed by atoms with Gasteiger partial charge in [-0.3, -0.25) is 9.59 Å². The Bertz CT molecular complexity index is 1060. The average Bonchev–Trinajstić information content (AvgIpc) is 3.24. The highest BCUT2D eigenvalue weighted by atomic mass is 35.5. The molecule has 1 heterocycles. The van der Waals surface area contributed by atoms with E-state index in [0.717, 1.165) is 29.7 Å². The lowest BCUT2D eigenvalue weighted by Gasteiger charge is -2.10. The first-order valence-corrected chi connectivity index (χ1v) is 10.4. The molecule has 0 atom stereocenters. The van der Waals surface area contributed by atoms with Crippen LogP contribution in [0.1, 0.15) is 37.6 Å². The maximum Gasteiger partial charge on any atom is 0.258 e. The minimum atomic E-state index is -0.328. The zero-order chi connectivity index (χ0) is 19.7. The van der Waals surface area contributed by atoms with E-state index in [1.165, 1.54) is 11.3 Å². The van der Waals surface area contributed by atoms with E-state index in [9.17, 15) is 9.59 Å². The Balaban J connectivity index is 1.63. The second kappa shape index (κ2) is 7.95. The first kappa shape index (κ1) is 19.0. The Morgan fingerprint density at radius 3 is 2.39 bits per heavy atom. The molecule has 0 spiro atoms. The van der Waals surface area contributed by atoms with Crippen LogP contribution in [-0.4, -0.2) is 11.8 Å². The van der Waals surface area contributed by atoms with Gasteiger partial charge in [0, 0.05) is 15.6 Å². The van der Waals surface area contributed by atoms with Crippen molar-refractivity contribution in [3.63, 3.8) is 0 Å². The number of halogens is 2. The Hall–Kier alpha value is -2.34. The molecule has 0 aliphatic heterocycles. The van der Waals surface area contributed by atoms with Crippen molar-refractivity contribution in [3.05, 3.63) is 80.1 Å². The van der Waals surface area contributed by atoms with E-state index in [1.54, 1.807) is 48.5 Å². The zero-order valence-electron chi connectivity index (χ0n) is 14.7. The summed E-state index contributed by atoms with van der Waals surface area (Å²) in [6, 6.07) is 13.8. The van der Waals surface area contributed by atoms with Gasteiger partial charge >= 0.3 is 0 Å². The fourth-order valence-corrected chi connectivity index (χ4v) is 4.90. The number of anilines is 2. The quantitative estimate of drug-likeness (QED) is 0.529. The zero-order valence-corrected chi connectivity index (χ0v) is 17.0. The minimum Gasteiger partial charge on any atom is -0.322 e. The highest BCUT2D eigenvalue weighted by molar-refractivity contribution is 7.17. The molecule has 1 aliphatic carbocycles. The maximum atomic E-state index is 13.0. The molecule has 142 valence electrons. The SMILES string of the molecule is O=C(Nc1sc2c(c1C(=O)Nc1ccc(Cl)cc1)CCC2)c1ccccc1Cl. The van der Waals surface area contributed by atoms with Gasteiger partial charge in [-0.05, 0) is 61.2 Å². The number of aryl methyl sites for hydroxylation is 1. The minimum absolute atomic E-state index is 0.240. The van der Waals surface area contributed by atoms with Gasteiger partial charge in [0.2, 0.25) is 0 Å². The molecule has 0 radical (unpaired) electrons. The van der Waals surface area contributed by atoms with Crippen LogP contribution in [0.5, 0.6) is 0 Å². The molecular formula is C21H16Cl2N2O2S. The van der Waals surface area contributed by atoms with E-state index < -0.39 is 0 Å². The molecule has 2 N–H and O–H groups in total. The summed E-state index contributed by atoms with van der Waals surface area (Å²) in [7, 11) is 0. The molecular weight excluding hydrogens is 415 g/mol. The fourth-order valence-electron chi connectivity index (χ4n) is 3.28. The summed E-state index contributed by atoms with van der Waals surface area (Å²) in [5.74, 6) is -0.567. The first-order chi connectivity index (χ1) is 13.5. The molecule has 4 rings (SSSR count). The topological polar surface area (TPSA) is 58.2 Å². The summed E-state index contributed by atoms with van der Waals surface area (Å²) in [4.78, 5) is 26.9. The Kier molecular flexibility index (Phi) is 5.40. The third-order valence-electron chi connectivity index (χ3n) is 4.60. The number of amides is 2. The van der Waals surface area contributed by atoms with Crippen LogP contribution >= 0.6 is 34.5 Å². The van der Waals surface area contributed by atoms with Crippen molar-refractivity contribution in [1.29, 1.82) is 0 Å². The van der Waals surface area contributed by atoms with Crippen molar-refractivity contribution in [1.82, 2.24) is 0 Å². The van der Waals surface area contributed by atoms with Crippen molar-refractivity contribution in [2.75, 3.05) is 10.6 Å². The van der Waals surface area contributed by atoms with Gasteiger partial charge in [-0.2, -0.15) is 0 Å². The summed E-state index contributed by atoms with van der Waals surface area (Å²) in [6.45, 7) is 0. The van der Waals surface area contributed by atoms with Crippen LogP contribution in [0.3, 0.4) is 0 Å². The molecule has 28 heavy (non-hydrogen) atoms. The molecule has 2 amide bonds. The van der Waals surface area contributed by atoms with E-state index in [-0.39, 0.29) is 11.8 Å². The lowest BCUT2D eigenvalue weighted by molar-refractivity contribution is 0.102. The second-order valence-electron chi connectivity index (χ2n) is 6.46. The van der Waals surface area contributed by atoms with Crippen molar-refractivity contribution in [2.24, 2.45) is 0 Å². The number of hydrogen-bond donors (Lipinski definition) is 2. The third kappa shape index (κ3) is 3.78. The van der Waals surface area contributed by atoms with Crippen LogP contribution in [-0.2, 0) is 12.8 Å². The van der Waals surface area contributed by atoms with E-state index in [4.69, 9.17) is 23.2 Å². The smallest absolute Gasteiger partial charge is 0.258 e. The van der Waals surface area contributed by atoms with Crippen molar-refractivity contribution in [2.45, 2.75) is 19.3 Å². The third-order valence-corrected chi connectivity index (χ3v) is 6.38. The standard InChI is InChI=1S/C21H16Cl2N2O2S/c22-12-8-10-13(11-9-12)24-20(27)18-15-5-3-7-17(15)28-21(18)25-19(26)14-4-1-2-6-16(14)23/h1-2,4,6,8-11H,3,5,7H2,(H,24,27)(H,25,26). The summed E-state index contributed by atoms with van der Waals surface area (Å²) >= 11 is 13.5. The number of rotatable bonds is 4. The summed E-state index contributed by atoms with van der Waals surface area (Å²) in [5.41, 5.74) is 2.58. The molecule has 7 heteroatoms. The van der Waals surface area contributed by atoms with Crippen LogP contribution in [0.2, 0.25) is 10.0 Å². The van der Waals surface area contributed by atoms with Crippen LogP contribution in [0.25, 0.3) is 0 Å². The van der Waals surface area contributed by atoms with Gasteiger partial charge in [-0.1, -0.05) is 35.3 Å². The molecule has 1 aromatic heterocycles. The second-order valence-corrected chi connectivity index (χ2v) is 8.41. The van der Waals surface area contributed by atoms with E-state index >= 15 is 0 Å². The van der Waals surface area contributed by atoms with Crippen molar-refractivity contribution < 1.29 is 9.59 Å². The number of fused-ring (bicyclic) bond motifs is 1. The number of nitrogens with one attached hydrogen (secondary N) is 2. The molecule has 4 nitrogen and oxygen atoms in total. The van der Waals surface area contributed by atoms with Gasteiger partial charge in [0.25, 0.3) is 11.8 Å². The summed E-state index contributed by atoms with van der Waals surface area (Å²) in [5, 5.41) is 7.31. The Labute approximate surface area is 176 Å². The van der Waals surface area contributed by atoms with Crippen molar-refractivity contribution >= 4 is 57.0 Å². The van der Waals surface area contributed by atoms with Gasteiger partial charge in [0.1, 0.15) is 5.00 Å². The number of carbonyl (C=O) groups excluding carboxylic acids is 2. The molecule has 3 aromatic rings. The van der Waals surface area contributed by atoms with Gasteiger partial charge < -0.3 is 10.6 Å². The van der Waals surface area contributed by atoms with Crippen LogP contribution in [0, 0.1) is 0 Å². The highest BCUT2D eigenvalue weighted by Gasteiger charge is 2.28. The molecule has 0 bridgehead atoms. The molecule has 0 saturated heterocycles. The molecule has 2 aromatic carbocycles. The normalized spacial score (nSPS) is 12.5.